The number of nitrogens with zero attached hydrogens (tertiary/aromatic N) is 2. The minimum Gasteiger partial charge on any atom is -0.393 e. The molecule has 0 radical (unpaired) electrons. The van der Waals surface area contributed by atoms with E-state index >= 15 is 0 Å². The molecule has 1 heterocycles. The average Bonchev–Trinajstić information content (AvgIpc) is 3.12. The van der Waals surface area contributed by atoms with Gasteiger partial charge in [0.1, 0.15) is 6.04 Å². The summed E-state index contributed by atoms with van der Waals surface area (Å²) in [5.74, 6) is -1.01. The Kier molecular flexibility index (Phi) is 7.73. The van der Waals surface area contributed by atoms with E-state index < -0.39 is 29.8 Å². The van der Waals surface area contributed by atoms with Crippen molar-refractivity contribution in [3.63, 3.8) is 0 Å². The Morgan fingerprint density at radius 2 is 1.91 bits per heavy atom. The highest BCUT2D eigenvalue weighted by Gasteiger charge is 2.44. The zero-order chi connectivity index (χ0) is 24.5. The Balaban J connectivity index is 1.67. The van der Waals surface area contributed by atoms with Crippen molar-refractivity contribution >= 4 is 11.8 Å². The number of halogens is 3. The number of benzene rings is 1. The molecule has 1 saturated carbocycles. The summed E-state index contributed by atoms with van der Waals surface area (Å²) in [5.41, 5.74) is -1.03. The van der Waals surface area contributed by atoms with Crippen LogP contribution in [0.5, 0.6) is 0 Å². The Hall–Kier alpha value is -2.13. The van der Waals surface area contributed by atoms with E-state index in [2.05, 4.69) is 31.1 Å². The molecule has 0 spiro atoms. The fourth-order valence-electron chi connectivity index (χ4n) is 5.11. The van der Waals surface area contributed by atoms with Gasteiger partial charge in [0.25, 0.3) is 5.91 Å². The van der Waals surface area contributed by atoms with Crippen LogP contribution >= 0.6 is 0 Å². The molecule has 2 unspecified atom stereocenters. The summed E-state index contributed by atoms with van der Waals surface area (Å²) in [6, 6.07) is 3.99. The Morgan fingerprint density at radius 3 is 2.52 bits per heavy atom. The van der Waals surface area contributed by atoms with Gasteiger partial charge in [-0.3, -0.25) is 9.59 Å². The van der Waals surface area contributed by atoms with Gasteiger partial charge in [0.2, 0.25) is 5.91 Å². The Morgan fingerprint density at radius 1 is 1.21 bits per heavy atom. The van der Waals surface area contributed by atoms with Crippen LogP contribution in [0.1, 0.15) is 62.4 Å². The van der Waals surface area contributed by atoms with Gasteiger partial charge in [-0.1, -0.05) is 6.07 Å². The van der Waals surface area contributed by atoms with Crippen LogP contribution in [0.2, 0.25) is 0 Å². The van der Waals surface area contributed by atoms with E-state index in [1.54, 1.807) is 11.8 Å². The van der Waals surface area contributed by atoms with Crippen LogP contribution in [-0.2, 0) is 11.0 Å². The number of hydrogen-bond acceptors (Lipinski definition) is 4. The van der Waals surface area contributed by atoms with Gasteiger partial charge in [0, 0.05) is 36.2 Å². The molecule has 9 heteroatoms. The molecule has 0 aromatic heterocycles. The molecule has 0 bridgehead atoms. The van der Waals surface area contributed by atoms with Gasteiger partial charge < -0.3 is 20.2 Å². The number of hydrogen-bond donors (Lipinski definition) is 2. The van der Waals surface area contributed by atoms with Gasteiger partial charge in [0.05, 0.1) is 11.7 Å². The van der Waals surface area contributed by atoms with E-state index in [0.717, 1.165) is 31.4 Å². The molecule has 2 amide bonds. The van der Waals surface area contributed by atoms with E-state index in [9.17, 15) is 27.9 Å². The van der Waals surface area contributed by atoms with E-state index in [1.807, 2.05) is 0 Å². The van der Waals surface area contributed by atoms with Crippen molar-refractivity contribution in [1.29, 1.82) is 0 Å². The Labute approximate surface area is 193 Å². The molecule has 6 nitrogen and oxygen atoms in total. The highest BCUT2D eigenvalue weighted by atomic mass is 19.4. The van der Waals surface area contributed by atoms with Crippen molar-refractivity contribution < 1.29 is 27.9 Å². The fourth-order valence-corrected chi connectivity index (χ4v) is 5.11. The minimum atomic E-state index is -4.55. The summed E-state index contributed by atoms with van der Waals surface area (Å²) >= 11 is 0. The first-order valence-electron chi connectivity index (χ1n) is 11.6. The zero-order valence-electron chi connectivity index (χ0n) is 19.6. The lowest BCUT2D eigenvalue weighted by atomic mass is 9.77. The van der Waals surface area contributed by atoms with Gasteiger partial charge in [-0.2, -0.15) is 13.2 Å². The second-order valence-electron chi connectivity index (χ2n) is 9.62. The zero-order valence-corrected chi connectivity index (χ0v) is 19.6. The molecule has 33 heavy (non-hydrogen) atoms. The number of amides is 2. The van der Waals surface area contributed by atoms with E-state index in [0.29, 0.717) is 25.0 Å². The third kappa shape index (κ3) is 5.69. The number of aliphatic hydroxyl groups excluding tert-OH is 1. The highest BCUT2D eigenvalue weighted by Crippen LogP contribution is 2.36. The van der Waals surface area contributed by atoms with Crippen LogP contribution in [0.25, 0.3) is 0 Å². The van der Waals surface area contributed by atoms with Gasteiger partial charge in [0.15, 0.2) is 0 Å². The van der Waals surface area contributed by atoms with E-state index in [-0.39, 0.29) is 23.4 Å². The van der Waals surface area contributed by atoms with Gasteiger partial charge in [-0.25, -0.2) is 0 Å². The maximum atomic E-state index is 13.1. The molecule has 2 aliphatic rings. The summed E-state index contributed by atoms with van der Waals surface area (Å²) < 4.78 is 38.9. The van der Waals surface area contributed by atoms with Crippen LogP contribution in [-0.4, -0.2) is 70.6 Å². The van der Waals surface area contributed by atoms with Crippen LogP contribution in [0.15, 0.2) is 24.3 Å². The summed E-state index contributed by atoms with van der Waals surface area (Å²) in [6.45, 7) is 6.46. The van der Waals surface area contributed by atoms with Crippen molar-refractivity contribution in [3.8, 4) is 0 Å². The van der Waals surface area contributed by atoms with Crippen molar-refractivity contribution in [2.24, 2.45) is 5.92 Å². The summed E-state index contributed by atoms with van der Waals surface area (Å²) in [5, 5.41) is 13.1. The number of alkyl halides is 3. The first-order valence-corrected chi connectivity index (χ1v) is 11.6. The first kappa shape index (κ1) is 25.5. The third-order valence-corrected chi connectivity index (χ3v) is 7.24. The average molecular weight is 470 g/mol. The lowest BCUT2D eigenvalue weighted by molar-refractivity contribution is -0.137. The second-order valence-corrected chi connectivity index (χ2v) is 9.62. The maximum Gasteiger partial charge on any atom is 0.416 e. The molecule has 3 rings (SSSR count). The number of rotatable bonds is 6. The molecule has 1 aliphatic heterocycles. The topological polar surface area (TPSA) is 72.9 Å². The molecular formula is C24H34F3N3O3. The van der Waals surface area contributed by atoms with Gasteiger partial charge in [-0.15, -0.1) is 0 Å². The predicted octanol–water partition coefficient (Wildman–Crippen LogP) is 3.29. The minimum absolute atomic E-state index is 0.0770. The molecule has 1 saturated heterocycles. The lowest BCUT2D eigenvalue weighted by Crippen LogP contribution is -2.54. The molecule has 5 atom stereocenters. The number of carbonyl (C=O) groups is 2. The normalized spacial score (nSPS) is 27.3. The third-order valence-electron chi connectivity index (χ3n) is 7.24. The highest BCUT2D eigenvalue weighted by molar-refractivity contribution is 5.98. The number of likely N-dealkylation sites (tertiary alicyclic amines) is 1. The number of nitrogens with one attached hydrogen (secondary N) is 1. The van der Waals surface area contributed by atoms with Crippen molar-refractivity contribution in [1.82, 2.24) is 15.1 Å². The van der Waals surface area contributed by atoms with Crippen LogP contribution in [0.4, 0.5) is 13.2 Å². The van der Waals surface area contributed by atoms with Crippen molar-refractivity contribution in [2.75, 3.05) is 13.6 Å². The number of aliphatic hydroxyl groups is 1. The quantitative estimate of drug-likeness (QED) is 0.671. The predicted molar refractivity (Wildman–Crippen MR) is 119 cm³/mol. The van der Waals surface area contributed by atoms with E-state index in [4.69, 9.17) is 0 Å². The van der Waals surface area contributed by atoms with Crippen molar-refractivity contribution in [2.45, 2.75) is 82.9 Å². The van der Waals surface area contributed by atoms with E-state index in [1.165, 1.54) is 12.1 Å². The molecule has 2 N–H and O–H groups in total. The number of carbonyl (C=O) groups excluding carboxylic acids is 2. The molecular weight excluding hydrogens is 435 g/mol. The first-order chi connectivity index (χ1) is 15.4. The Bertz CT molecular complexity index is 859. The summed E-state index contributed by atoms with van der Waals surface area (Å²) in [7, 11) is 2.08. The molecule has 1 aromatic carbocycles. The van der Waals surface area contributed by atoms with Crippen LogP contribution in [0, 0.1) is 5.92 Å². The molecule has 1 aliphatic carbocycles. The van der Waals surface area contributed by atoms with Crippen molar-refractivity contribution in [3.05, 3.63) is 35.4 Å². The maximum absolute atomic E-state index is 13.1. The SMILES string of the molecule is CC(O)[C@@H]1C[C@H](N(C)C(C)C)CC[C@@H]1N1CCC(NC(=O)c2cccc(C(F)(F)F)c2)C1=O. The summed E-state index contributed by atoms with van der Waals surface area (Å²) in [6.07, 6.45) is -2.28. The molecule has 2 fully saturated rings. The monoisotopic (exact) mass is 469 g/mol. The largest absolute Gasteiger partial charge is 0.416 e. The fraction of sp³-hybridized carbons (Fsp3) is 0.667. The van der Waals surface area contributed by atoms with Crippen LogP contribution < -0.4 is 5.32 Å². The van der Waals surface area contributed by atoms with Crippen LogP contribution in [0.3, 0.4) is 0 Å². The smallest absolute Gasteiger partial charge is 0.393 e. The lowest BCUT2D eigenvalue weighted by Gasteiger charge is -2.45. The summed E-state index contributed by atoms with van der Waals surface area (Å²) in [4.78, 5) is 29.7. The standard InChI is InChI=1S/C24H34F3N3O3/c1-14(2)29(4)18-8-9-21(19(13-18)15(3)31)30-11-10-20(23(30)33)28-22(32)16-6-5-7-17(12-16)24(25,26)27/h5-7,12,14-15,18-21,31H,8-11,13H2,1-4H3,(H,28,32)/t15?,18-,19+,20?,21+/m1/s1. The second kappa shape index (κ2) is 10.0. The molecule has 184 valence electrons. The van der Waals surface area contributed by atoms with Gasteiger partial charge in [-0.05, 0) is 71.7 Å². The van der Waals surface area contributed by atoms with Gasteiger partial charge >= 0.3 is 6.18 Å². The molecule has 1 aromatic rings.